The topological polar surface area (TPSA) is 61.8 Å². The van der Waals surface area contributed by atoms with Crippen molar-refractivity contribution in [3.05, 3.63) is 42.7 Å². The van der Waals surface area contributed by atoms with Crippen molar-refractivity contribution in [2.24, 2.45) is 0 Å². The summed E-state index contributed by atoms with van der Waals surface area (Å²) in [6, 6.07) is 9.70. The van der Waals surface area contributed by atoms with Crippen molar-refractivity contribution in [2.45, 2.75) is 33.1 Å². The van der Waals surface area contributed by atoms with E-state index in [9.17, 15) is 0 Å². The van der Waals surface area contributed by atoms with Crippen LogP contribution in [0.1, 0.15) is 33.1 Å². The number of anilines is 1. The van der Waals surface area contributed by atoms with Crippen molar-refractivity contribution in [3.8, 4) is 22.8 Å². The molecule has 0 aliphatic carbocycles. The van der Waals surface area contributed by atoms with Crippen molar-refractivity contribution in [1.29, 1.82) is 0 Å². The molecule has 0 spiro atoms. The third-order valence-electron chi connectivity index (χ3n) is 4.06. The summed E-state index contributed by atoms with van der Waals surface area (Å²) in [7, 11) is 0. The fourth-order valence-electron chi connectivity index (χ4n) is 2.77. The summed E-state index contributed by atoms with van der Waals surface area (Å²) < 4.78 is 13.4. The summed E-state index contributed by atoms with van der Waals surface area (Å²) in [6.07, 6.45) is 7.38. The average molecular weight is 339 g/mol. The number of rotatable bonds is 8. The maximum absolute atomic E-state index is 6.08. The van der Waals surface area contributed by atoms with Crippen LogP contribution in [0.15, 0.2) is 42.7 Å². The van der Waals surface area contributed by atoms with Crippen LogP contribution in [0.5, 0.6) is 11.5 Å². The van der Waals surface area contributed by atoms with Gasteiger partial charge >= 0.3 is 0 Å². The molecule has 0 aliphatic rings. The summed E-state index contributed by atoms with van der Waals surface area (Å²) in [5, 5.41) is 0. The lowest BCUT2D eigenvalue weighted by Gasteiger charge is -2.07. The van der Waals surface area contributed by atoms with Crippen LogP contribution in [-0.2, 0) is 0 Å². The SMILES string of the molecule is CCCCCOc1cccn2cc(-c3ccc(OCC)c(N)c3)nc12. The molecule has 132 valence electrons. The molecular formula is C20H25N3O2. The van der Waals surface area contributed by atoms with Crippen molar-refractivity contribution in [1.82, 2.24) is 9.38 Å². The van der Waals surface area contributed by atoms with E-state index in [4.69, 9.17) is 20.2 Å². The van der Waals surface area contributed by atoms with E-state index in [1.54, 1.807) is 0 Å². The zero-order valence-electron chi connectivity index (χ0n) is 14.9. The molecule has 3 aromatic rings. The fourth-order valence-corrected chi connectivity index (χ4v) is 2.77. The largest absolute Gasteiger partial charge is 0.492 e. The Labute approximate surface area is 148 Å². The van der Waals surface area contributed by atoms with E-state index in [2.05, 4.69) is 6.92 Å². The number of nitrogens with zero attached hydrogens (tertiary/aromatic N) is 2. The maximum Gasteiger partial charge on any atom is 0.180 e. The van der Waals surface area contributed by atoms with Gasteiger partial charge < -0.3 is 19.6 Å². The highest BCUT2D eigenvalue weighted by Crippen LogP contribution is 2.30. The Balaban J connectivity index is 1.87. The molecular weight excluding hydrogens is 314 g/mol. The third kappa shape index (κ3) is 3.87. The van der Waals surface area contributed by atoms with E-state index < -0.39 is 0 Å². The first kappa shape index (κ1) is 17.1. The summed E-state index contributed by atoms with van der Waals surface area (Å²) in [5.41, 5.74) is 9.34. The smallest absolute Gasteiger partial charge is 0.180 e. The molecule has 5 heteroatoms. The molecule has 2 heterocycles. The minimum atomic E-state index is 0.594. The summed E-state index contributed by atoms with van der Waals surface area (Å²) in [5.74, 6) is 1.51. The average Bonchev–Trinajstić information content (AvgIpc) is 3.05. The molecule has 0 amide bonds. The van der Waals surface area contributed by atoms with E-state index in [1.807, 2.05) is 54.0 Å². The molecule has 0 aliphatic heterocycles. The highest BCUT2D eigenvalue weighted by atomic mass is 16.5. The Morgan fingerprint density at radius 1 is 1.08 bits per heavy atom. The van der Waals surface area contributed by atoms with Gasteiger partial charge in [-0.1, -0.05) is 19.8 Å². The quantitative estimate of drug-likeness (QED) is 0.483. The first-order valence-corrected chi connectivity index (χ1v) is 8.86. The van der Waals surface area contributed by atoms with Crippen LogP contribution in [0.25, 0.3) is 16.9 Å². The fraction of sp³-hybridized carbons (Fsp3) is 0.350. The standard InChI is InChI=1S/C20H25N3O2/c1-3-5-6-12-25-19-8-7-11-23-14-17(22-20(19)23)15-9-10-18(24-4-2)16(21)13-15/h7-11,13-14H,3-6,12,21H2,1-2H3. The molecule has 0 atom stereocenters. The number of nitrogens with two attached hydrogens (primary N) is 1. The lowest BCUT2D eigenvalue weighted by molar-refractivity contribution is 0.308. The van der Waals surface area contributed by atoms with Gasteiger partial charge in [-0.25, -0.2) is 4.98 Å². The molecule has 0 bridgehead atoms. The molecule has 0 radical (unpaired) electrons. The highest BCUT2D eigenvalue weighted by molar-refractivity contribution is 5.71. The van der Waals surface area contributed by atoms with Crippen LogP contribution >= 0.6 is 0 Å². The third-order valence-corrected chi connectivity index (χ3v) is 4.06. The van der Waals surface area contributed by atoms with Gasteiger partial charge in [0.1, 0.15) is 5.75 Å². The van der Waals surface area contributed by atoms with Crippen molar-refractivity contribution in [2.75, 3.05) is 18.9 Å². The first-order chi connectivity index (χ1) is 12.2. The van der Waals surface area contributed by atoms with Crippen LogP contribution in [0, 0.1) is 0 Å². The number of nitrogen functional groups attached to an aromatic ring is 1. The van der Waals surface area contributed by atoms with Gasteiger partial charge in [0.25, 0.3) is 0 Å². The Bertz CT molecular complexity index is 842. The predicted octanol–water partition coefficient (Wildman–Crippen LogP) is 4.55. The minimum absolute atomic E-state index is 0.594. The number of hydrogen-bond donors (Lipinski definition) is 1. The summed E-state index contributed by atoms with van der Waals surface area (Å²) in [6.45, 7) is 5.43. The van der Waals surface area contributed by atoms with Gasteiger partial charge in [-0.05, 0) is 43.7 Å². The highest BCUT2D eigenvalue weighted by Gasteiger charge is 2.10. The lowest BCUT2D eigenvalue weighted by atomic mass is 10.1. The van der Waals surface area contributed by atoms with E-state index >= 15 is 0 Å². The molecule has 1 aromatic carbocycles. The molecule has 0 saturated carbocycles. The molecule has 0 unspecified atom stereocenters. The van der Waals surface area contributed by atoms with Gasteiger partial charge in [-0.3, -0.25) is 0 Å². The van der Waals surface area contributed by atoms with Gasteiger partial charge in [-0.2, -0.15) is 0 Å². The van der Waals surface area contributed by atoms with E-state index in [-0.39, 0.29) is 0 Å². The first-order valence-electron chi connectivity index (χ1n) is 8.86. The molecule has 0 fully saturated rings. The number of fused-ring (bicyclic) bond motifs is 1. The monoisotopic (exact) mass is 339 g/mol. The summed E-state index contributed by atoms with van der Waals surface area (Å²) >= 11 is 0. The van der Waals surface area contributed by atoms with Crippen molar-refractivity contribution < 1.29 is 9.47 Å². The van der Waals surface area contributed by atoms with Gasteiger partial charge in [0.2, 0.25) is 0 Å². The number of hydrogen-bond acceptors (Lipinski definition) is 4. The van der Waals surface area contributed by atoms with Gasteiger partial charge in [-0.15, -0.1) is 0 Å². The number of pyridine rings is 1. The lowest BCUT2D eigenvalue weighted by Crippen LogP contribution is -1.99. The molecule has 3 rings (SSSR count). The van der Waals surface area contributed by atoms with Gasteiger partial charge in [0.15, 0.2) is 11.4 Å². The second kappa shape index (κ2) is 7.92. The van der Waals surface area contributed by atoms with E-state index in [1.165, 1.54) is 12.8 Å². The van der Waals surface area contributed by atoms with Crippen LogP contribution < -0.4 is 15.2 Å². The number of imidazole rings is 1. The van der Waals surface area contributed by atoms with E-state index in [0.717, 1.165) is 29.1 Å². The van der Waals surface area contributed by atoms with Crippen LogP contribution in [0.3, 0.4) is 0 Å². The molecule has 2 aromatic heterocycles. The summed E-state index contributed by atoms with van der Waals surface area (Å²) in [4.78, 5) is 4.74. The molecule has 2 N–H and O–H groups in total. The Hall–Kier alpha value is -2.69. The Morgan fingerprint density at radius 3 is 2.72 bits per heavy atom. The van der Waals surface area contributed by atoms with Crippen molar-refractivity contribution >= 4 is 11.3 Å². The Morgan fingerprint density at radius 2 is 1.96 bits per heavy atom. The minimum Gasteiger partial charge on any atom is -0.492 e. The molecule has 0 saturated heterocycles. The van der Waals surface area contributed by atoms with Crippen LogP contribution in [0.4, 0.5) is 5.69 Å². The van der Waals surface area contributed by atoms with Crippen LogP contribution in [0.2, 0.25) is 0 Å². The molecule has 5 nitrogen and oxygen atoms in total. The number of ether oxygens (including phenoxy) is 2. The number of aromatic nitrogens is 2. The number of benzene rings is 1. The second-order valence-electron chi connectivity index (χ2n) is 5.97. The van der Waals surface area contributed by atoms with E-state index in [0.29, 0.717) is 24.7 Å². The van der Waals surface area contributed by atoms with Crippen molar-refractivity contribution in [3.63, 3.8) is 0 Å². The zero-order chi connectivity index (χ0) is 17.6. The predicted molar refractivity (Wildman–Crippen MR) is 101 cm³/mol. The maximum atomic E-state index is 6.08. The van der Waals surface area contributed by atoms with Gasteiger partial charge in [0, 0.05) is 18.0 Å². The number of unbranched alkanes of at least 4 members (excludes halogenated alkanes) is 2. The Kier molecular flexibility index (Phi) is 5.43. The molecule has 25 heavy (non-hydrogen) atoms. The zero-order valence-corrected chi connectivity index (χ0v) is 14.9. The second-order valence-corrected chi connectivity index (χ2v) is 5.97. The normalized spacial score (nSPS) is 11.0. The van der Waals surface area contributed by atoms with Gasteiger partial charge in [0.05, 0.1) is 24.6 Å². The van der Waals surface area contributed by atoms with Crippen LogP contribution in [-0.4, -0.2) is 22.6 Å².